The molecular weight excluding hydrogens is 496 g/mol. The molecule has 0 spiro atoms. The van der Waals surface area contributed by atoms with E-state index in [-0.39, 0.29) is 0 Å². The largest absolute Gasteiger partial charge is 0.329 e. The van der Waals surface area contributed by atoms with E-state index in [2.05, 4.69) is 97.9 Å². The van der Waals surface area contributed by atoms with Crippen molar-refractivity contribution in [1.29, 1.82) is 0 Å². The van der Waals surface area contributed by atoms with Crippen LogP contribution in [0.5, 0.6) is 0 Å². The molecule has 2 nitrogen and oxygen atoms in total. The Balaban J connectivity index is 0.000000210. The van der Waals surface area contributed by atoms with Crippen LogP contribution in [-0.2, 0) is 5.54 Å². The average molecular weight is 537 g/mol. The van der Waals surface area contributed by atoms with E-state index >= 15 is 0 Å². The SMILES string of the molecule is C=Cc1ccc(C=C)cc1.C=Cc1ccccc1.NCCNC(c1ccccc1)(c1ccccc1)c1ccccc1. The van der Waals surface area contributed by atoms with Crippen LogP contribution in [0.15, 0.2) is 165 Å². The molecule has 0 saturated heterocycles. The maximum atomic E-state index is 5.81. The third kappa shape index (κ3) is 8.87. The van der Waals surface area contributed by atoms with Crippen molar-refractivity contribution in [2.45, 2.75) is 5.54 Å². The van der Waals surface area contributed by atoms with Crippen LogP contribution < -0.4 is 11.1 Å². The van der Waals surface area contributed by atoms with E-state index in [0.29, 0.717) is 6.54 Å². The van der Waals surface area contributed by atoms with Crippen LogP contribution in [0.3, 0.4) is 0 Å². The van der Waals surface area contributed by atoms with E-state index in [1.807, 2.05) is 91.0 Å². The van der Waals surface area contributed by atoms with Gasteiger partial charge in [0.25, 0.3) is 0 Å². The number of nitrogens with two attached hydrogens (primary N) is 1. The molecule has 41 heavy (non-hydrogen) atoms. The molecule has 3 N–H and O–H groups in total. The van der Waals surface area contributed by atoms with Gasteiger partial charge in [0.15, 0.2) is 0 Å². The van der Waals surface area contributed by atoms with Crippen LogP contribution in [0.2, 0.25) is 0 Å². The van der Waals surface area contributed by atoms with Gasteiger partial charge in [0.1, 0.15) is 0 Å². The first-order valence-corrected chi connectivity index (χ1v) is 13.8. The Morgan fingerprint density at radius 1 is 0.463 bits per heavy atom. The average Bonchev–Trinajstić information content (AvgIpc) is 3.07. The van der Waals surface area contributed by atoms with E-state index in [1.54, 1.807) is 0 Å². The molecule has 5 rings (SSSR count). The highest BCUT2D eigenvalue weighted by molar-refractivity contribution is 5.53. The van der Waals surface area contributed by atoms with Crippen LogP contribution >= 0.6 is 0 Å². The van der Waals surface area contributed by atoms with Crippen molar-refractivity contribution in [3.8, 4) is 0 Å². The maximum absolute atomic E-state index is 5.81. The summed E-state index contributed by atoms with van der Waals surface area (Å²) >= 11 is 0. The van der Waals surface area contributed by atoms with Gasteiger partial charge in [-0.3, -0.25) is 5.32 Å². The van der Waals surface area contributed by atoms with Gasteiger partial charge in [-0.2, -0.15) is 0 Å². The zero-order chi connectivity index (χ0) is 29.2. The Morgan fingerprint density at radius 2 is 0.756 bits per heavy atom. The van der Waals surface area contributed by atoms with Crippen molar-refractivity contribution in [2.75, 3.05) is 13.1 Å². The summed E-state index contributed by atoms with van der Waals surface area (Å²) in [7, 11) is 0. The van der Waals surface area contributed by atoms with Crippen LogP contribution in [0.4, 0.5) is 0 Å². The molecule has 0 amide bonds. The molecule has 0 fully saturated rings. The molecular formula is C39H40N2. The minimum Gasteiger partial charge on any atom is -0.329 e. The van der Waals surface area contributed by atoms with Gasteiger partial charge in [-0.05, 0) is 33.4 Å². The fourth-order valence-corrected chi connectivity index (χ4v) is 4.49. The molecule has 5 aromatic rings. The van der Waals surface area contributed by atoms with E-state index in [4.69, 9.17) is 5.73 Å². The lowest BCUT2D eigenvalue weighted by atomic mass is 9.77. The van der Waals surface area contributed by atoms with Crippen molar-refractivity contribution in [3.05, 3.63) is 199 Å². The first-order valence-electron chi connectivity index (χ1n) is 13.8. The monoisotopic (exact) mass is 536 g/mol. The molecule has 2 heteroatoms. The summed E-state index contributed by atoms with van der Waals surface area (Å²) in [5, 5.41) is 3.71. The second-order valence-corrected chi connectivity index (χ2v) is 9.25. The zero-order valence-electron chi connectivity index (χ0n) is 23.7. The van der Waals surface area contributed by atoms with E-state index in [0.717, 1.165) is 17.7 Å². The summed E-state index contributed by atoms with van der Waals surface area (Å²) < 4.78 is 0. The Kier molecular flexibility index (Phi) is 12.8. The molecule has 0 heterocycles. The standard InChI is InChI=1S/C21H22N2.C10H10.C8H8/c22-16-17-23-21(18-10-4-1-5-11-18,19-12-6-2-7-13-19)20-14-8-3-9-15-20;1-3-9-5-7-10(4-2)8-6-9;1-2-8-6-4-3-5-7-8/h1-15,23H,16-17,22H2;3-8H,1-2H2;2-7H,1H2. The highest BCUT2D eigenvalue weighted by atomic mass is 15.0. The lowest BCUT2D eigenvalue weighted by molar-refractivity contribution is 0.479. The number of benzene rings is 5. The summed E-state index contributed by atoms with van der Waals surface area (Å²) in [4.78, 5) is 0. The van der Waals surface area contributed by atoms with Crippen molar-refractivity contribution in [3.63, 3.8) is 0 Å². The minimum absolute atomic E-state index is 0.400. The lowest BCUT2D eigenvalue weighted by Gasteiger charge is -2.37. The normalized spacial score (nSPS) is 10.2. The van der Waals surface area contributed by atoms with E-state index in [1.165, 1.54) is 22.3 Å². The van der Waals surface area contributed by atoms with Crippen LogP contribution in [-0.4, -0.2) is 13.1 Å². The van der Waals surface area contributed by atoms with Gasteiger partial charge in [0, 0.05) is 13.1 Å². The molecule has 5 aromatic carbocycles. The molecule has 0 aliphatic heterocycles. The van der Waals surface area contributed by atoms with Crippen molar-refractivity contribution in [2.24, 2.45) is 5.73 Å². The number of rotatable bonds is 9. The highest BCUT2D eigenvalue weighted by Crippen LogP contribution is 2.36. The third-order valence-electron chi connectivity index (χ3n) is 6.60. The zero-order valence-corrected chi connectivity index (χ0v) is 23.7. The summed E-state index contributed by atoms with van der Waals surface area (Å²) in [5.74, 6) is 0. The van der Waals surface area contributed by atoms with Crippen molar-refractivity contribution in [1.82, 2.24) is 5.32 Å². The molecule has 0 atom stereocenters. The number of hydrogen-bond acceptors (Lipinski definition) is 2. The molecule has 0 saturated carbocycles. The second-order valence-electron chi connectivity index (χ2n) is 9.25. The fraction of sp³-hybridized carbons (Fsp3) is 0.0769. The quantitative estimate of drug-likeness (QED) is 0.185. The van der Waals surface area contributed by atoms with Gasteiger partial charge in [-0.15, -0.1) is 0 Å². The van der Waals surface area contributed by atoms with E-state index < -0.39 is 5.54 Å². The Hall–Kier alpha value is -4.76. The predicted molar refractivity (Wildman–Crippen MR) is 179 cm³/mol. The number of hydrogen-bond donors (Lipinski definition) is 2. The summed E-state index contributed by atoms with van der Waals surface area (Å²) in [5.41, 5.74) is 12.5. The van der Waals surface area contributed by atoms with E-state index in [9.17, 15) is 0 Å². The molecule has 0 radical (unpaired) electrons. The summed E-state index contributed by atoms with van der Waals surface area (Å²) in [6.07, 6.45) is 5.49. The first kappa shape index (κ1) is 30.8. The lowest BCUT2D eigenvalue weighted by Crippen LogP contribution is -2.46. The van der Waals surface area contributed by atoms with Crippen LogP contribution in [0.1, 0.15) is 33.4 Å². The predicted octanol–water partition coefficient (Wildman–Crippen LogP) is 8.83. The maximum Gasteiger partial charge on any atom is 0.0948 e. The topological polar surface area (TPSA) is 38.0 Å². The van der Waals surface area contributed by atoms with Gasteiger partial charge in [0.2, 0.25) is 0 Å². The minimum atomic E-state index is -0.400. The molecule has 0 aromatic heterocycles. The third-order valence-corrected chi connectivity index (χ3v) is 6.60. The van der Waals surface area contributed by atoms with Gasteiger partial charge in [-0.25, -0.2) is 0 Å². The first-order chi connectivity index (χ1) is 20.2. The molecule has 0 bridgehead atoms. The highest BCUT2D eigenvalue weighted by Gasteiger charge is 2.35. The summed E-state index contributed by atoms with van der Waals surface area (Å²) in [6.45, 7) is 12.3. The van der Waals surface area contributed by atoms with Crippen LogP contribution in [0.25, 0.3) is 18.2 Å². The Bertz CT molecular complexity index is 1300. The summed E-state index contributed by atoms with van der Waals surface area (Å²) in [6, 6.07) is 49.8. The van der Waals surface area contributed by atoms with Gasteiger partial charge >= 0.3 is 0 Å². The Morgan fingerprint density at radius 3 is 1.02 bits per heavy atom. The Labute approximate surface area is 246 Å². The van der Waals surface area contributed by atoms with Gasteiger partial charge in [-0.1, -0.05) is 184 Å². The molecule has 0 aliphatic rings. The smallest absolute Gasteiger partial charge is 0.0948 e. The van der Waals surface area contributed by atoms with Crippen LogP contribution in [0, 0.1) is 0 Å². The molecule has 0 aliphatic carbocycles. The van der Waals surface area contributed by atoms with Gasteiger partial charge < -0.3 is 5.73 Å². The van der Waals surface area contributed by atoms with Crippen molar-refractivity contribution >= 4 is 18.2 Å². The second kappa shape index (κ2) is 17.0. The fourth-order valence-electron chi connectivity index (χ4n) is 4.49. The van der Waals surface area contributed by atoms with Gasteiger partial charge in [0.05, 0.1) is 5.54 Å². The number of nitrogens with one attached hydrogen (secondary N) is 1. The molecule has 206 valence electrons. The van der Waals surface area contributed by atoms with Crippen molar-refractivity contribution < 1.29 is 0 Å². The molecule has 0 unspecified atom stereocenters.